The minimum absolute atomic E-state index is 0.176. The molecule has 1 heterocycles. The number of hydrogen-bond acceptors (Lipinski definition) is 2. The van der Waals surface area contributed by atoms with E-state index in [0.29, 0.717) is 0 Å². The van der Waals surface area contributed by atoms with E-state index in [2.05, 4.69) is 10.5 Å². The molecule has 0 spiro atoms. The van der Waals surface area contributed by atoms with Crippen LogP contribution in [0.25, 0.3) is 0 Å². The number of hydrogen-bond donors (Lipinski definition) is 0. The summed E-state index contributed by atoms with van der Waals surface area (Å²) in [5.74, 6) is 0. The molecule has 0 saturated heterocycles. The third kappa shape index (κ3) is 0.752. The van der Waals surface area contributed by atoms with E-state index in [9.17, 15) is 0 Å². The number of allylic oxidation sites excluding steroid dienone is 2. The summed E-state index contributed by atoms with van der Waals surface area (Å²) < 4.78 is 0. The fourth-order valence-corrected chi connectivity index (χ4v) is 1.08. The molecule has 3 heteroatoms. The van der Waals surface area contributed by atoms with Gasteiger partial charge < -0.3 is 0 Å². The van der Waals surface area contributed by atoms with E-state index < -0.39 is 0 Å². The summed E-state index contributed by atoms with van der Waals surface area (Å²) in [5, 5.41) is 5.77. The second-order valence-corrected chi connectivity index (χ2v) is 2.32. The van der Waals surface area contributed by atoms with Gasteiger partial charge in [-0.3, -0.25) is 0 Å². The molecule has 2 rings (SSSR count). The average molecular weight is 134 g/mol. The summed E-state index contributed by atoms with van der Waals surface area (Å²) in [6.45, 7) is 0. The van der Waals surface area contributed by atoms with Gasteiger partial charge in [-0.25, -0.2) is 5.12 Å². The van der Waals surface area contributed by atoms with E-state index in [1.165, 1.54) is 0 Å². The van der Waals surface area contributed by atoms with Gasteiger partial charge in [-0.15, -0.1) is 5.43 Å². The Morgan fingerprint density at radius 1 is 1.50 bits per heavy atom. The van der Waals surface area contributed by atoms with Crippen molar-refractivity contribution in [2.45, 2.75) is 6.04 Å². The molecule has 10 heavy (non-hydrogen) atoms. The predicted octanol–water partition coefficient (Wildman–Crippen LogP) is 0.302. The SMILES string of the molecule is CN1[N]C2C=CC=CC2=N1. The predicted molar refractivity (Wildman–Crippen MR) is 39.4 cm³/mol. The monoisotopic (exact) mass is 134 g/mol. The minimum atomic E-state index is 0.176. The van der Waals surface area contributed by atoms with Crippen LogP contribution in [-0.4, -0.2) is 23.9 Å². The maximum absolute atomic E-state index is 4.20. The molecule has 0 N–H and O–H groups in total. The molecule has 0 aromatic carbocycles. The van der Waals surface area contributed by atoms with Gasteiger partial charge in [0.15, 0.2) is 0 Å². The Bertz CT molecular complexity index is 227. The molecule has 1 radical (unpaired) electrons. The van der Waals surface area contributed by atoms with E-state index in [0.717, 1.165) is 5.71 Å². The molecule has 1 atom stereocenters. The van der Waals surface area contributed by atoms with Crippen LogP contribution in [0.2, 0.25) is 0 Å². The van der Waals surface area contributed by atoms with Crippen LogP contribution in [0.1, 0.15) is 0 Å². The number of nitrogens with zero attached hydrogens (tertiary/aromatic N) is 3. The zero-order valence-electron chi connectivity index (χ0n) is 5.73. The van der Waals surface area contributed by atoms with Crippen molar-refractivity contribution < 1.29 is 0 Å². The molecule has 2 aliphatic rings. The molecule has 1 unspecified atom stereocenters. The third-order valence-corrected chi connectivity index (χ3v) is 1.53. The van der Waals surface area contributed by atoms with Crippen molar-refractivity contribution in [3.05, 3.63) is 24.3 Å². The number of hydrazone groups is 1. The molecular formula is C7H8N3. The van der Waals surface area contributed by atoms with E-state index in [1.54, 1.807) is 5.12 Å². The number of fused-ring (bicyclic) bond motifs is 1. The van der Waals surface area contributed by atoms with Crippen LogP contribution < -0.4 is 5.43 Å². The van der Waals surface area contributed by atoms with Crippen molar-refractivity contribution >= 4 is 5.71 Å². The molecule has 0 bridgehead atoms. The maximum atomic E-state index is 4.20. The van der Waals surface area contributed by atoms with Crippen molar-refractivity contribution in [1.29, 1.82) is 0 Å². The van der Waals surface area contributed by atoms with Gasteiger partial charge in [0.2, 0.25) is 0 Å². The quantitative estimate of drug-likeness (QED) is 0.468. The van der Waals surface area contributed by atoms with E-state index >= 15 is 0 Å². The molecule has 3 nitrogen and oxygen atoms in total. The van der Waals surface area contributed by atoms with Crippen LogP contribution in [-0.2, 0) is 0 Å². The highest BCUT2D eigenvalue weighted by Crippen LogP contribution is 2.09. The first kappa shape index (κ1) is 5.68. The first-order valence-electron chi connectivity index (χ1n) is 3.24. The smallest absolute Gasteiger partial charge is 0.111 e. The highest BCUT2D eigenvalue weighted by molar-refractivity contribution is 6.02. The third-order valence-electron chi connectivity index (χ3n) is 1.53. The second-order valence-electron chi connectivity index (χ2n) is 2.32. The summed E-state index contributed by atoms with van der Waals surface area (Å²) in [7, 11) is 1.84. The zero-order chi connectivity index (χ0) is 6.97. The van der Waals surface area contributed by atoms with Gasteiger partial charge in [-0.2, -0.15) is 5.10 Å². The lowest BCUT2D eigenvalue weighted by Crippen LogP contribution is -2.27. The van der Waals surface area contributed by atoms with E-state index in [1.807, 2.05) is 31.4 Å². The standard InChI is InChI=1S/C7H8N3/c1-10-8-6-4-2-3-5-7(6)9-10/h2-6H,1H3. The first-order chi connectivity index (χ1) is 4.86. The van der Waals surface area contributed by atoms with Crippen LogP contribution in [0.5, 0.6) is 0 Å². The summed E-state index contributed by atoms with van der Waals surface area (Å²) in [4.78, 5) is 0. The average Bonchev–Trinajstić information content (AvgIpc) is 2.27. The Labute approximate surface area is 59.7 Å². The van der Waals surface area contributed by atoms with Gasteiger partial charge in [-0.1, -0.05) is 18.2 Å². The lowest BCUT2D eigenvalue weighted by Gasteiger charge is -2.06. The largest absolute Gasteiger partial charge is 0.213 e. The molecule has 51 valence electrons. The molecule has 1 aliphatic heterocycles. The summed E-state index contributed by atoms with van der Waals surface area (Å²) in [6, 6.07) is 0.176. The lowest BCUT2D eigenvalue weighted by molar-refractivity contribution is 0.264. The van der Waals surface area contributed by atoms with Gasteiger partial charge >= 0.3 is 0 Å². The Hall–Kier alpha value is -1.09. The molecular weight excluding hydrogens is 126 g/mol. The highest BCUT2D eigenvalue weighted by Gasteiger charge is 2.21. The Kier molecular flexibility index (Phi) is 1.11. The maximum Gasteiger partial charge on any atom is 0.111 e. The van der Waals surface area contributed by atoms with E-state index in [-0.39, 0.29) is 6.04 Å². The Morgan fingerprint density at radius 2 is 2.40 bits per heavy atom. The van der Waals surface area contributed by atoms with Gasteiger partial charge in [-0.05, 0) is 6.08 Å². The molecule has 0 aromatic heterocycles. The van der Waals surface area contributed by atoms with Crippen molar-refractivity contribution in [2.24, 2.45) is 5.10 Å². The molecule has 0 saturated carbocycles. The second kappa shape index (κ2) is 1.95. The minimum Gasteiger partial charge on any atom is -0.213 e. The van der Waals surface area contributed by atoms with Crippen molar-refractivity contribution in [2.75, 3.05) is 7.05 Å². The number of rotatable bonds is 0. The van der Waals surface area contributed by atoms with Gasteiger partial charge in [0.25, 0.3) is 0 Å². The van der Waals surface area contributed by atoms with Crippen molar-refractivity contribution in [1.82, 2.24) is 10.5 Å². The van der Waals surface area contributed by atoms with Crippen LogP contribution >= 0.6 is 0 Å². The topological polar surface area (TPSA) is 29.7 Å². The van der Waals surface area contributed by atoms with Crippen LogP contribution in [0.3, 0.4) is 0 Å². The first-order valence-corrected chi connectivity index (χ1v) is 3.24. The summed E-state index contributed by atoms with van der Waals surface area (Å²) >= 11 is 0. The lowest BCUT2D eigenvalue weighted by atomic mass is 10.1. The van der Waals surface area contributed by atoms with Crippen molar-refractivity contribution in [3.63, 3.8) is 0 Å². The van der Waals surface area contributed by atoms with Gasteiger partial charge in [0.05, 0.1) is 5.71 Å². The molecule has 0 amide bonds. The molecule has 0 aromatic rings. The Balaban J connectivity index is 2.29. The molecule has 1 aliphatic carbocycles. The fraction of sp³-hybridized carbons (Fsp3) is 0.286. The summed E-state index contributed by atoms with van der Waals surface area (Å²) in [5.41, 5.74) is 5.23. The normalized spacial score (nSPS) is 28.7. The highest BCUT2D eigenvalue weighted by atomic mass is 15.7. The zero-order valence-corrected chi connectivity index (χ0v) is 5.73. The van der Waals surface area contributed by atoms with Crippen LogP contribution in [0.4, 0.5) is 0 Å². The molecule has 0 fully saturated rings. The van der Waals surface area contributed by atoms with Crippen LogP contribution in [0, 0.1) is 0 Å². The fourth-order valence-electron chi connectivity index (χ4n) is 1.08. The van der Waals surface area contributed by atoms with Gasteiger partial charge in [0, 0.05) is 7.05 Å². The van der Waals surface area contributed by atoms with E-state index in [4.69, 9.17) is 0 Å². The summed E-state index contributed by atoms with van der Waals surface area (Å²) in [6.07, 6.45) is 7.98. The van der Waals surface area contributed by atoms with Gasteiger partial charge in [0.1, 0.15) is 6.04 Å². The van der Waals surface area contributed by atoms with Crippen LogP contribution in [0.15, 0.2) is 29.4 Å². The Morgan fingerprint density at radius 3 is 3.20 bits per heavy atom. The van der Waals surface area contributed by atoms with Crippen molar-refractivity contribution in [3.8, 4) is 0 Å².